The summed E-state index contributed by atoms with van der Waals surface area (Å²) < 4.78 is 0. The quantitative estimate of drug-likeness (QED) is 0.442. The maximum absolute atomic E-state index is 2.12. The van der Waals surface area contributed by atoms with Gasteiger partial charge in [-0.25, -0.2) is 0 Å². The van der Waals surface area contributed by atoms with Crippen molar-refractivity contribution in [3.05, 3.63) is 0 Å². The lowest BCUT2D eigenvalue weighted by molar-refractivity contribution is 1.09. The minimum Gasteiger partial charge on any atom is -0.0683 e. The van der Waals surface area contributed by atoms with Gasteiger partial charge in [-0.3, -0.25) is 0 Å². The molecule has 0 atom stereocenters. The molecule has 0 aliphatic heterocycles. The van der Waals surface area contributed by atoms with Crippen molar-refractivity contribution in [2.45, 2.75) is 48.0 Å². The summed E-state index contributed by atoms with van der Waals surface area (Å²) in [7, 11) is 0. The minimum atomic E-state index is 0. The van der Waals surface area contributed by atoms with Gasteiger partial charge >= 0.3 is 0 Å². The predicted molar refractivity (Wildman–Crippen MR) is 40.8 cm³/mol. The second kappa shape index (κ2) is 150. The molecule has 0 aromatic carbocycles. The first kappa shape index (κ1) is 15.8. The van der Waals surface area contributed by atoms with Gasteiger partial charge in [0.1, 0.15) is 0 Å². The van der Waals surface area contributed by atoms with E-state index in [0.717, 1.165) is 0 Å². The first-order chi connectivity index (χ1) is 3.41. The average Bonchev–Trinajstić information content (AvgIpc) is 1.78. The van der Waals surface area contributed by atoms with Crippen molar-refractivity contribution >= 4 is 0 Å². The summed E-state index contributed by atoms with van der Waals surface area (Å²) in [6, 6.07) is 0. The highest BCUT2D eigenvalue weighted by atomic mass is 13.4. The van der Waals surface area contributed by atoms with Crippen LogP contribution >= 0.6 is 0 Å². The van der Waals surface area contributed by atoms with Crippen LogP contribution in [0.3, 0.4) is 0 Å². The highest BCUT2D eigenvalue weighted by molar-refractivity contribution is 3.92. The molecule has 0 aromatic heterocycles. The molecule has 0 saturated carbocycles. The van der Waals surface area contributed by atoms with E-state index in [1.165, 1.54) is 6.42 Å². The number of hydrogen-bond acceptors (Lipinski definition) is 0. The van der Waals surface area contributed by atoms with Crippen molar-refractivity contribution in [2.24, 2.45) is 0 Å². The third-order valence-electron chi connectivity index (χ3n) is 0. The lowest BCUT2D eigenvalue weighted by Crippen LogP contribution is -1.27. The first-order valence-electron chi connectivity index (χ1n) is 3.41. The summed E-state index contributed by atoms with van der Waals surface area (Å²) in [5.41, 5.74) is 0. The lowest BCUT2D eigenvalue weighted by Gasteiger charge is -1.48. The highest BCUT2D eigenvalue weighted by Crippen LogP contribution is 1.56. The molecule has 0 unspecified atom stereocenters. The summed E-state index contributed by atoms with van der Waals surface area (Å²) in [6.07, 6.45) is 1.25. The van der Waals surface area contributed by atoms with Crippen LogP contribution in [0.25, 0.3) is 0 Å². The molecule has 7 heavy (non-hydrogen) atoms. The van der Waals surface area contributed by atoms with E-state index in [2.05, 4.69) is 13.8 Å². The molecule has 0 heteroatoms. The van der Waals surface area contributed by atoms with Crippen molar-refractivity contribution < 1.29 is 1.43 Å². The maximum Gasteiger partial charge on any atom is 0 e. The molecule has 0 saturated heterocycles. The topological polar surface area (TPSA) is 0 Å². The molecule has 0 spiro atoms. The van der Waals surface area contributed by atoms with E-state index in [0.29, 0.717) is 0 Å². The maximum atomic E-state index is 2.12. The van der Waals surface area contributed by atoms with Crippen LogP contribution in [0.2, 0.25) is 0 Å². The van der Waals surface area contributed by atoms with Gasteiger partial charge in [0.2, 0.25) is 0 Å². The average molecular weight is 107 g/mol. The predicted octanol–water partition coefficient (Wildman–Crippen LogP) is 3.71. The van der Waals surface area contributed by atoms with Gasteiger partial charge in [0.25, 0.3) is 0 Å². The van der Waals surface area contributed by atoms with E-state index in [4.69, 9.17) is 0 Å². The summed E-state index contributed by atoms with van der Waals surface area (Å²) in [5, 5.41) is 0. The molecule has 50 valence electrons. The standard InChI is InChI=1S/C3H8.2C2H6.H2/c1-3-2;2*1-2;/h3H2,1-2H3;2*1-2H3;1H/i;;;1+1. The molecule has 0 fully saturated rings. The number of hydrogen-bond donors (Lipinski definition) is 0. The second-order valence-corrected chi connectivity index (χ2v) is 0.707. The fourth-order valence-electron chi connectivity index (χ4n) is 0. The Morgan fingerprint density at radius 2 is 0.857 bits per heavy atom. The molecule has 0 aliphatic rings. The van der Waals surface area contributed by atoms with E-state index < -0.39 is 0 Å². The van der Waals surface area contributed by atoms with Crippen molar-refractivity contribution in [1.29, 1.82) is 0 Å². The number of rotatable bonds is 0. The Balaban J connectivity index is -0.0000000147. The zero-order chi connectivity index (χ0) is 6.71. The second-order valence-electron chi connectivity index (χ2n) is 0.707. The van der Waals surface area contributed by atoms with Crippen LogP contribution in [-0.4, -0.2) is 0 Å². The summed E-state index contributed by atoms with van der Waals surface area (Å²) in [4.78, 5) is 0. The van der Waals surface area contributed by atoms with E-state index >= 15 is 0 Å². The van der Waals surface area contributed by atoms with Crippen LogP contribution in [0.15, 0.2) is 0 Å². The summed E-state index contributed by atoms with van der Waals surface area (Å²) >= 11 is 0. The van der Waals surface area contributed by atoms with Crippen LogP contribution in [-0.2, 0) is 0 Å². The van der Waals surface area contributed by atoms with Gasteiger partial charge < -0.3 is 0 Å². The van der Waals surface area contributed by atoms with E-state index in [9.17, 15) is 0 Å². The highest BCUT2D eigenvalue weighted by Gasteiger charge is 1.35. The molecule has 0 radical (unpaired) electrons. The van der Waals surface area contributed by atoms with Crippen LogP contribution in [0.5, 0.6) is 0 Å². The molecule has 0 aromatic rings. The van der Waals surface area contributed by atoms with Gasteiger partial charge in [0.05, 0.1) is 0 Å². The smallest absolute Gasteiger partial charge is 0 e. The van der Waals surface area contributed by atoms with Crippen molar-refractivity contribution in [2.75, 3.05) is 0 Å². The third kappa shape index (κ3) is 0. The fourth-order valence-corrected chi connectivity index (χ4v) is 0. The largest absolute Gasteiger partial charge is 0.0683 e. The van der Waals surface area contributed by atoms with E-state index in [1.807, 2.05) is 27.7 Å². The van der Waals surface area contributed by atoms with Gasteiger partial charge in [-0.05, 0) is 0 Å². The zero-order valence-electron chi connectivity index (χ0n) is 6.71. The Labute approximate surface area is 50.4 Å². The van der Waals surface area contributed by atoms with Crippen molar-refractivity contribution in [3.63, 3.8) is 0 Å². The van der Waals surface area contributed by atoms with Crippen LogP contribution < -0.4 is 0 Å². The molecular weight excluding hydrogens is 84.1 g/mol. The van der Waals surface area contributed by atoms with Crippen molar-refractivity contribution in [1.82, 2.24) is 0 Å². The third-order valence-corrected chi connectivity index (χ3v) is 0. The Morgan fingerprint density at radius 3 is 0.857 bits per heavy atom. The van der Waals surface area contributed by atoms with Crippen LogP contribution in [0, 0.1) is 0 Å². The first-order valence-corrected chi connectivity index (χ1v) is 3.41. The molecule has 0 N–H and O–H groups in total. The minimum absolute atomic E-state index is 0. The van der Waals surface area contributed by atoms with Crippen molar-refractivity contribution in [3.8, 4) is 0 Å². The molecule has 0 aliphatic carbocycles. The monoisotopic (exact) mass is 107 g/mol. The molecule has 0 amide bonds. The zero-order valence-corrected chi connectivity index (χ0v) is 6.71. The Hall–Kier alpha value is 0. The Kier molecular flexibility index (Phi) is 338. The Morgan fingerprint density at radius 1 is 0.857 bits per heavy atom. The van der Waals surface area contributed by atoms with E-state index in [1.54, 1.807) is 0 Å². The fraction of sp³-hybridized carbons (Fsp3) is 1.00. The SMILES string of the molecule is CC.CC.CCC.[2HH]. The van der Waals surface area contributed by atoms with Gasteiger partial charge in [-0.2, -0.15) is 0 Å². The molecule has 0 heterocycles. The molecule has 0 bridgehead atoms. The summed E-state index contributed by atoms with van der Waals surface area (Å²) in [6.45, 7) is 12.2. The normalized spacial score (nSPS) is 4.29. The van der Waals surface area contributed by atoms with E-state index in [-0.39, 0.29) is 1.43 Å². The molecule has 0 rings (SSSR count). The molecular formula is C7H22. The molecule has 0 nitrogen and oxygen atoms in total. The summed E-state index contributed by atoms with van der Waals surface area (Å²) in [5.74, 6) is 0. The van der Waals surface area contributed by atoms with Crippen LogP contribution in [0.1, 0.15) is 49.4 Å². The van der Waals surface area contributed by atoms with Gasteiger partial charge in [-0.15, -0.1) is 0 Å². The van der Waals surface area contributed by atoms with Crippen LogP contribution in [0.4, 0.5) is 0 Å². The Bertz CT molecular complexity index is 4.35. The van der Waals surface area contributed by atoms with Gasteiger partial charge in [0.15, 0.2) is 0 Å². The lowest BCUT2D eigenvalue weighted by atomic mass is 10.6. The van der Waals surface area contributed by atoms with Gasteiger partial charge in [-0.1, -0.05) is 48.0 Å². The van der Waals surface area contributed by atoms with Gasteiger partial charge in [0, 0.05) is 1.43 Å².